The minimum atomic E-state index is -0.291. The molecule has 0 radical (unpaired) electrons. The molecule has 1 aromatic carbocycles. The lowest BCUT2D eigenvalue weighted by molar-refractivity contribution is -0.133. The van der Waals surface area contributed by atoms with Crippen molar-refractivity contribution in [3.05, 3.63) is 30.3 Å². The zero-order valence-corrected chi connectivity index (χ0v) is 9.15. The topological polar surface area (TPSA) is 73.5 Å². The second-order valence-electron chi connectivity index (χ2n) is 3.13. The summed E-state index contributed by atoms with van der Waals surface area (Å²) in [5, 5.41) is 1.08. The second kappa shape index (κ2) is 5.72. The smallest absolute Gasteiger partial charge is 0.254 e. The molecule has 1 aromatic rings. The molecule has 0 aliphatic heterocycles. The fourth-order valence-electron chi connectivity index (χ4n) is 0.962. The Balaban J connectivity index is 2.58. The molecule has 0 aromatic heterocycles. The maximum absolute atomic E-state index is 11.2. The number of amides is 2. The minimum Gasteiger partial charge on any atom is -0.280 e. The molecule has 2 amide bonds. The van der Waals surface area contributed by atoms with E-state index in [2.05, 4.69) is 16.4 Å². The molecule has 0 bridgehead atoms. The summed E-state index contributed by atoms with van der Waals surface area (Å²) in [5.41, 5.74) is 8.26. The lowest BCUT2D eigenvalue weighted by Gasteiger charge is -2.23. The summed E-state index contributed by atoms with van der Waals surface area (Å²) >= 11 is 0. The number of hydrogen-bond acceptors (Lipinski definition) is 4. The Morgan fingerprint density at radius 2 is 1.75 bits per heavy atom. The molecule has 16 heavy (non-hydrogen) atoms. The number of rotatable bonds is 4. The molecule has 0 heterocycles. The van der Waals surface area contributed by atoms with Crippen LogP contribution in [-0.4, -0.2) is 16.9 Å². The Kier molecular flexibility index (Phi) is 4.28. The van der Waals surface area contributed by atoms with Gasteiger partial charge in [-0.3, -0.25) is 20.4 Å². The number of carbonyl (C=O) groups is 2. The molecule has 0 atom stereocenters. The number of hydrogen-bond donors (Lipinski definition) is 3. The van der Waals surface area contributed by atoms with Gasteiger partial charge in [0.25, 0.3) is 5.91 Å². The first-order chi connectivity index (χ1) is 7.59. The van der Waals surface area contributed by atoms with Crippen molar-refractivity contribution < 1.29 is 9.59 Å². The Morgan fingerprint density at radius 1 is 1.12 bits per heavy atom. The first kappa shape index (κ1) is 12.0. The van der Waals surface area contributed by atoms with Crippen molar-refractivity contribution in [2.24, 2.45) is 0 Å². The van der Waals surface area contributed by atoms with Crippen molar-refractivity contribution in [1.29, 1.82) is 0 Å². The molecule has 86 valence electrons. The molecule has 0 saturated heterocycles. The van der Waals surface area contributed by atoms with E-state index in [1.54, 1.807) is 12.1 Å². The van der Waals surface area contributed by atoms with Crippen LogP contribution in [-0.2, 0) is 9.59 Å². The number of nitrogens with one attached hydrogen (secondary N) is 3. The van der Waals surface area contributed by atoms with Crippen molar-refractivity contribution in [2.45, 2.75) is 13.8 Å². The van der Waals surface area contributed by atoms with Crippen LogP contribution in [0.4, 0.5) is 5.69 Å². The average molecular weight is 222 g/mol. The Labute approximate surface area is 93.5 Å². The number of hydrazine groups is 3. The van der Waals surface area contributed by atoms with E-state index in [1.807, 2.05) is 18.2 Å². The van der Waals surface area contributed by atoms with Gasteiger partial charge in [0, 0.05) is 13.8 Å². The molecule has 0 unspecified atom stereocenters. The van der Waals surface area contributed by atoms with Gasteiger partial charge in [0.15, 0.2) is 0 Å². The predicted octanol–water partition coefficient (Wildman–Crippen LogP) is 0.418. The molecular formula is C10H14N4O2. The highest BCUT2D eigenvalue weighted by Gasteiger charge is 2.07. The van der Waals surface area contributed by atoms with E-state index >= 15 is 0 Å². The van der Waals surface area contributed by atoms with Gasteiger partial charge in [-0.15, -0.1) is 5.53 Å². The number of nitrogens with zero attached hydrogens (tertiary/aromatic N) is 1. The van der Waals surface area contributed by atoms with E-state index < -0.39 is 0 Å². The van der Waals surface area contributed by atoms with Crippen LogP contribution in [0.1, 0.15) is 13.8 Å². The summed E-state index contributed by atoms with van der Waals surface area (Å²) in [6.45, 7) is 2.71. The van der Waals surface area contributed by atoms with E-state index in [1.165, 1.54) is 13.8 Å². The van der Waals surface area contributed by atoms with Crippen LogP contribution in [0, 0.1) is 0 Å². The highest BCUT2D eigenvalue weighted by atomic mass is 16.2. The van der Waals surface area contributed by atoms with E-state index in [-0.39, 0.29) is 11.8 Å². The number of carbonyl (C=O) groups excluding carboxylic acids is 2. The third-order valence-corrected chi connectivity index (χ3v) is 1.67. The van der Waals surface area contributed by atoms with E-state index in [9.17, 15) is 9.59 Å². The van der Waals surface area contributed by atoms with Gasteiger partial charge >= 0.3 is 0 Å². The second-order valence-corrected chi connectivity index (χ2v) is 3.13. The van der Waals surface area contributed by atoms with Crippen molar-refractivity contribution in [2.75, 3.05) is 5.43 Å². The van der Waals surface area contributed by atoms with Gasteiger partial charge < -0.3 is 0 Å². The van der Waals surface area contributed by atoms with Crippen LogP contribution in [0.2, 0.25) is 0 Å². The van der Waals surface area contributed by atoms with E-state index in [0.717, 1.165) is 10.8 Å². The van der Waals surface area contributed by atoms with Gasteiger partial charge in [-0.05, 0) is 12.1 Å². The molecule has 6 heteroatoms. The molecule has 0 aliphatic rings. The average Bonchev–Trinajstić information content (AvgIpc) is 2.25. The largest absolute Gasteiger partial charge is 0.280 e. The minimum absolute atomic E-state index is 0.280. The van der Waals surface area contributed by atoms with Crippen LogP contribution >= 0.6 is 0 Å². The van der Waals surface area contributed by atoms with Gasteiger partial charge in [-0.25, -0.2) is 0 Å². The maximum Gasteiger partial charge on any atom is 0.254 e. The Hall–Kier alpha value is -2.08. The maximum atomic E-state index is 11.2. The third kappa shape index (κ3) is 3.97. The number of benzene rings is 1. The van der Waals surface area contributed by atoms with Crippen molar-refractivity contribution in [3.63, 3.8) is 0 Å². The van der Waals surface area contributed by atoms with Crippen molar-refractivity contribution in [3.8, 4) is 0 Å². The molecule has 0 aliphatic carbocycles. The molecule has 3 N–H and O–H groups in total. The van der Waals surface area contributed by atoms with Crippen LogP contribution in [0.5, 0.6) is 0 Å². The van der Waals surface area contributed by atoms with Gasteiger partial charge in [-0.2, -0.15) is 5.12 Å². The van der Waals surface area contributed by atoms with E-state index in [0.29, 0.717) is 0 Å². The lowest BCUT2D eigenvalue weighted by Crippen LogP contribution is -2.53. The van der Waals surface area contributed by atoms with Crippen molar-refractivity contribution in [1.82, 2.24) is 16.1 Å². The third-order valence-electron chi connectivity index (χ3n) is 1.67. The monoisotopic (exact) mass is 222 g/mol. The Bertz CT molecular complexity index is 366. The Morgan fingerprint density at radius 3 is 2.25 bits per heavy atom. The van der Waals surface area contributed by atoms with Gasteiger partial charge in [-0.1, -0.05) is 18.2 Å². The molecule has 0 saturated carbocycles. The van der Waals surface area contributed by atoms with Crippen LogP contribution in [0.15, 0.2) is 30.3 Å². The normalized spacial score (nSPS) is 9.38. The highest BCUT2D eigenvalue weighted by molar-refractivity contribution is 5.75. The van der Waals surface area contributed by atoms with Gasteiger partial charge in [0.05, 0.1) is 5.69 Å². The first-order valence-electron chi connectivity index (χ1n) is 4.74. The fraction of sp³-hybridized carbons (Fsp3) is 0.200. The zero-order valence-electron chi connectivity index (χ0n) is 9.15. The zero-order chi connectivity index (χ0) is 12.0. The quantitative estimate of drug-likeness (QED) is 0.645. The molecular weight excluding hydrogens is 208 g/mol. The first-order valence-corrected chi connectivity index (χ1v) is 4.74. The van der Waals surface area contributed by atoms with Crippen LogP contribution in [0.25, 0.3) is 0 Å². The van der Waals surface area contributed by atoms with Crippen LogP contribution < -0.4 is 16.4 Å². The molecule has 1 rings (SSSR count). The standard InChI is InChI=1S/C10H14N4O2/c1-8(15)11-13-14(9(2)16)12-10-6-4-3-5-7-10/h3-7,12-13H,1-2H3,(H,11,15). The summed E-state index contributed by atoms with van der Waals surface area (Å²) in [7, 11) is 0. The summed E-state index contributed by atoms with van der Waals surface area (Å²) in [4.78, 5) is 21.9. The number of para-hydroxylation sites is 1. The highest BCUT2D eigenvalue weighted by Crippen LogP contribution is 2.05. The van der Waals surface area contributed by atoms with Gasteiger partial charge in [0.1, 0.15) is 0 Å². The summed E-state index contributed by atoms with van der Waals surface area (Å²) in [5.74, 6) is -0.571. The van der Waals surface area contributed by atoms with E-state index in [4.69, 9.17) is 0 Å². The summed E-state index contributed by atoms with van der Waals surface area (Å²) in [6, 6.07) is 9.12. The summed E-state index contributed by atoms with van der Waals surface area (Å²) < 4.78 is 0. The lowest BCUT2D eigenvalue weighted by atomic mass is 10.3. The number of anilines is 1. The molecule has 0 spiro atoms. The van der Waals surface area contributed by atoms with Crippen LogP contribution in [0.3, 0.4) is 0 Å². The van der Waals surface area contributed by atoms with Gasteiger partial charge in [0.2, 0.25) is 5.91 Å². The summed E-state index contributed by atoms with van der Waals surface area (Å²) in [6.07, 6.45) is 0. The molecule has 6 nitrogen and oxygen atoms in total. The predicted molar refractivity (Wildman–Crippen MR) is 59.5 cm³/mol. The SMILES string of the molecule is CC(=O)NNN(Nc1ccccc1)C(C)=O. The fourth-order valence-corrected chi connectivity index (χ4v) is 0.962. The molecule has 0 fully saturated rings. The van der Waals surface area contributed by atoms with Crippen molar-refractivity contribution >= 4 is 17.5 Å².